The van der Waals surface area contributed by atoms with Crippen molar-refractivity contribution in [3.8, 4) is 11.5 Å². The van der Waals surface area contributed by atoms with Crippen molar-refractivity contribution in [1.82, 2.24) is 0 Å². The zero-order chi connectivity index (χ0) is 16.3. The van der Waals surface area contributed by atoms with Gasteiger partial charge < -0.3 is 9.47 Å². The number of rotatable bonds is 4. The minimum Gasteiger partial charge on any atom is -0.481 e. The number of halogens is 4. The fraction of sp³-hybridized carbons (Fsp3) is 0.133. The third kappa shape index (κ3) is 4.81. The largest absolute Gasteiger partial charge is 0.481 e. The Hall–Kier alpha value is -0.370. The fourth-order valence-electron chi connectivity index (χ4n) is 1.69. The summed E-state index contributed by atoms with van der Waals surface area (Å²) in [5.41, 5.74) is 0.847. The molecule has 22 heavy (non-hydrogen) atoms. The first-order valence-corrected chi connectivity index (χ1v) is 9.28. The van der Waals surface area contributed by atoms with Crippen molar-refractivity contribution in [3.05, 3.63) is 53.8 Å². The van der Waals surface area contributed by atoms with E-state index in [2.05, 4.69) is 63.7 Å². The van der Waals surface area contributed by atoms with Crippen molar-refractivity contribution in [2.45, 2.75) is 6.92 Å². The van der Waals surface area contributed by atoms with Gasteiger partial charge in [0.05, 0.1) is 8.95 Å². The van der Waals surface area contributed by atoms with E-state index in [0.29, 0.717) is 16.0 Å². The monoisotopic (exact) mass is 554 g/mol. The van der Waals surface area contributed by atoms with Crippen molar-refractivity contribution in [3.63, 3.8) is 0 Å². The fourth-order valence-corrected chi connectivity index (χ4v) is 4.37. The Morgan fingerprint density at radius 3 is 2.32 bits per heavy atom. The van der Waals surface area contributed by atoms with Crippen molar-refractivity contribution in [2.24, 2.45) is 0 Å². The highest BCUT2D eigenvalue weighted by molar-refractivity contribution is 9.11. The Bertz CT molecular complexity index is 693. The van der Waals surface area contributed by atoms with E-state index in [4.69, 9.17) is 9.47 Å². The molecule has 0 unspecified atom stereocenters. The van der Waals surface area contributed by atoms with Crippen LogP contribution in [0.4, 0.5) is 0 Å². The normalized spacial score (nSPS) is 10.4. The number of carbonyl (C=O) groups excluding carboxylic acids is 1. The number of ether oxygens (including phenoxy) is 2. The molecule has 0 atom stereocenters. The third-order valence-electron chi connectivity index (χ3n) is 2.65. The second-order valence-electron chi connectivity index (χ2n) is 4.37. The van der Waals surface area contributed by atoms with E-state index in [1.165, 1.54) is 0 Å². The van der Waals surface area contributed by atoms with Gasteiger partial charge in [-0.05, 0) is 74.7 Å². The number of benzene rings is 2. The van der Waals surface area contributed by atoms with Gasteiger partial charge in [0, 0.05) is 8.95 Å². The summed E-state index contributed by atoms with van der Waals surface area (Å²) in [5.74, 6) is 0.597. The molecule has 2 aromatic carbocycles. The smallest absolute Gasteiger partial charge is 0.349 e. The maximum Gasteiger partial charge on any atom is 0.349 e. The van der Waals surface area contributed by atoms with Crippen molar-refractivity contribution < 1.29 is 14.3 Å². The Morgan fingerprint density at radius 2 is 1.68 bits per heavy atom. The van der Waals surface area contributed by atoms with Gasteiger partial charge in [0.25, 0.3) is 0 Å². The summed E-state index contributed by atoms with van der Waals surface area (Å²) >= 11 is 13.5. The van der Waals surface area contributed by atoms with Gasteiger partial charge in [-0.3, -0.25) is 0 Å². The molecule has 0 fully saturated rings. The van der Waals surface area contributed by atoms with Crippen LogP contribution in [0.5, 0.6) is 11.5 Å². The Labute approximate surface area is 161 Å². The quantitative estimate of drug-likeness (QED) is 0.340. The molecule has 0 saturated heterocycles. The van der Waals surface area contributed by atoms with E-state index in [1.54, 1.807) is 6.07 Å². The highest BCUT2D eigenvalue weighted by Gasteiger charge is 2.13. The molecule has 0 heterocycles. The summed E-state index contributed by atoms with van der Waals surface area (Å²) in [5, 5.41) is 0. The lowest BCUT2D eigenvalue weighted by Gasteiger charge is -2.11. The van der Waals surface area contributed by atoms with Gasteiger partial charge in [-0.2, -0.15) is 0 Å². The number of hydrogen-bond donors (Lipinski definition) is 0. The van der Waals surface area contributed by atoms with E-state index >= 15 is 0 Å². The maximum atomic E-state index is 11.9. The van der Waals surface area contributed by atoms with E-state index in [-0.39, 0.29) is 6.61 Å². The predicted molar refractivity (Wildman–Crippen MR) is 99.6 cm³/mol. The van der Waals surface area contributed by atoms with E-state index in [0.717, 1.165) is 19.0 Å². The molecular formula is C15H10Br4O3. The van der Waals surface area contributed by atoms with Crippen molar-refractivity contribution >= 4 is 69.7 Å². The van der Waals surface area contributed by atoms with Crippen LogP contribution in [-0.4, -0.2) is 12.6 Å². The lowest BCUT2D eigenvalue weighted by molar-refractivity contribution is -0.136. The zero-order valence-corrected chi connectivity index (χ0v) is 17.7. The molecular weight excluding hydrogens is 548 g/mol. The molecule has 0 spiro atoms. The summed E-state index contributed by atoms with van der Waals surface area (Å²) < 4.78 is 14.1. The van der Waals surface area contributed by atoms with Gasteiger partial charge >= 0.3 is 5.97 Å². The average molecular weight is 558 g/mol. The molecule has 3 nitrogen and oxygen atoms in total. The van der Waals surface area contributed by atoms with Gasteiger partial charge in [-0.25, -0.2) is 4.79 Å². The molecule has 2 aromatic rings. The highest BCUT2D eigenvalue weighted by Crippen LogP contribution is 2.32. The lowest BCUT2D eigenvalue weighted by atomic mass is 10.2. The van der Waals surface area contributed by atoms with Crippen LogP contribution in [0.3, 0.4) is 0 Å². The molecule has 0 aliphatic heterocycles. The maximum absolute atomic E-state index is 11.9. The minimum absolute atomic E-state index is 0.178. The van der Waals surface area contributed by atoms with Gasteiger partial charge in [0.15, 0.2) is 6.61 Å². The predicted octanol–water partition coefficient (Wildman–Crippen LogP) is 6.03. The summed E-state index contributed by atoms with van der Waals surface area (Å²) in [4.78, 5) is 11.9. The second kappa shape index (κ2) is 7.95. The van der Waals surface area contributed by atoms with Gasteiger partial charge in [0.2, 0.25) is 0 Å². The van der Waals surface area contributed by atoms with Crippen molar-refractivity contribution in [2.75, 3.05) is 6.61 Å². The van der Waals surface area contributed by atoms with Gasteiger partial charge in [0.1, 0.15) is 11.5 Å². The first-order valence-electron chi connectivity index (χ1n) is 6.11. The molecule has 0 aromatic heterocycles. The first-order chi connectivity index (χ1) is 10.4. The Morgan fingerprint density at radius 1 is 1.00 bits per heavy atom. The number of carbonyl (C=O) groups is 1. The summed E-state index contributed by atoms with van der Waals surface area (Å²) in [7, 11) is 0. The van der Waals surface area contributed by atoms with Gasteiger partial charge in [-0.1, -0.05) is 31.9 Å². The van der Waals surface area contributed by atoms with E-state index in [9.17, 15) is 4.79 Å². The SMILES string of the molecule is Cc1cc(Br)cc(Br)c1OC(=O)COc1ccc(Br)cc1Br. The number of esters is 1. The Kier molecular flexibility index (Phi) is 6.49. The first kappa shape index (κ1) is 18.0. The molecule has 0 aliphatic rings. The highest BCUT2D eigenvalue weighted by atomic mass is 79.9. The minimum atomic E-state index is -0.471. The molecule has 0 radical (unpaired) electrons. The van der Waals surface area contributed by atoms with Crippen LogP contribution in [-0.2, 0) is 4.79 Å². The molecule has 0 saturated carbocycles. The third-order valence-corrected chi connectivity index (χ3v) is 4.81. The summed E-state index contributed by atoms with van der Waals surface area (Å²) in [6.07, 6.45) is 0. The van der Waals surface area contributed by atoms with Crippen molar-refractivity contribution in [1.29, 1.82) is 0 Å². The van der Waals surface area contributed by atoms with Crippen LogP contribution in [0.1, 0.15) is 5.56 Å². The van der Waals surface area contributed by atoms with Crippen LogP contribution < -0.4 is 9.47 Å². The van der Waals surface area contributed by atoms with Crippen LogP contribution in [0.25, 0.3) is 0 Å². The lowest BCUT2D eigenvalue weighted by Crippen LogP contribution is -2.18. The molecule has 7 heteroatoms. The van der Waals surface area contributed by atoms with Crippen LogP contribution >= 0.6 is 63.7 Å². The van der Waals surface area contributed by atoms with Gasteiger partial charge in [-0.15, -0.1) is 0 Å². The number of aryl methyl sites for hydroxylation is 1. The molecule has 116 valence electrons. The zero-order valence-electron chi connectivity index (χ0n) is 11.3. The molecule has 0 aliphatic carbocycles. The standard InChI is InChI=1S/C15H10Br4O3/c1-8-4-10(17)6-12(19)15(8)22-14(20)7-21-13-3-2-9(16)5-11(13)18/h2-6H,7H2,1H3. The van der Waals surface area contributed by atoms with E-state index in [1.807, 2.05) is 31.2 Å². The molecule has 0 N–H and O–H groups in total. The molecule has 2 rings (SSSR count). The van der Waals surface area contributed by atoms with Crippen LogP contribution in [0, 0.1) is 6.92 Å². The van der Waals surface area contributed by atoms with E-state index < -0.39 is 5.97 Å². The number of hydrogen-bond acceptors (Lipinski definition) is 3. The Balaban J connectivity index is 2.02. The molecule has 0 amide bonds. The topological polar surface area (TPSA) is 35.5 Å². The molecule has 0 bridgehead atoms. The summed E-state index contributed by atoms with van der Waals surface area (Å²) in [6.45, 7) is 1.69. The van der Waals surface area contributed by atoms with Crippen LogP contribution in [0.15, 0.2) is 48.2 Å². The van der Waals surface area contributed by atoms with Crippen LogP contribution in [0.2, 0.25) is 0 Å². The summed E-state index contributed by atoms with van der Waals surface area (Å²) in [6, 6.07) is 9.14. The average Bonchev–Trinajstić information content (AvgIpc) is 2.42. The second-order valence-corrected chi connectivity index (χ2v) is 7.91.